The van der Waals surface area contributed by atoms with Gasteiger partial charge in [-0.25, -0.2) is 8.42 Å². The molecule has 0 N–H and O–H groups in total. The lowest BCUT2D eigenvalue weighted by Crippen LogP contribution is -2.24. The van der Waals surface area contributed by atoms with Crippen LogP contribution in [0.4, 0.5) is 0 Å². The molecule has 0 saturated carbocycles. The van der Waals surface area contributed by atoms with Gasteiger partial charge in [-0.1, -0.05) is 94.8 Å². The van der Waals surface area contributed by atoms with Crippen LogP contribution >= 0.6 is 15.9 Å². The monoisotopic (exact) mass is 586 g/mol. The van der Waals surface area contributed by atoms with Crippen LogP contribution in [0.5, 0.6) is 0 Å². The van der Waals surface area contributed by atoms with Crippen LogP contribution < -0.4 is 0 Å². The van der Waals surface area contributed by atoms with E-state index in [0.717, 1.165) is 35.9 Å². The van der Waals surface area contributed by atoms with Crippen molar-refractivity contribution < 1.29 is 13.2 Å². The Hall–Kier alpha value is -3.15. The van der Waals surface area contributed by atoms with Gasteiger partial charge < -0.3 is 4.74 Å². The molecule has 4 aromatic carbocycles. The van der Waals surface area contributed by atoms with E-state index < -0.39 is 9.84 Å². The number of halogens is 1. The van der Waals surface area contributed by atoms with Crippen molar-refractivity contribution in [3.63, 3.8) is 0 Å². The average Bonchev–Trinajstić information content (AvgIpc) is 2.94. The maximum Gasteiger partial charge on any atom is 0.154 e. The van der Waals surface area contributed by atoms with Crippen LogP contribution in [0.2, 0.25) is 0 Å². The quantitative estimate of drug-likeness (QED) is 0.222. The number of benzene rings is 4. The Morgan fingerprint density at radius 1 is 0.895 bits per heavy atom. The summed E-state index contributed by atoms with van der Waals surface area (Å²) in [6.45, 7) is 0.733. The van der Waals surface area contributed by atoms with Crippen molar-refractivity contribution >= 4 is 53.4 Å². The first-order chi connectivity index (χ1) is 18.5. The van der Waals surface area contributed by atoms with Crippen molar-refractivity contribution in [2.45, 2.75) is 19.3 Å². The van der Waals surface area contributed by atoms with Gasteiger partial charge >= 0.3 is 0 Å². The standard InChI is InChI=1S/C28H25BrO2S.C5H6O/c29-24-12-7-20(8-13-24)4-3-17-32(30,31)19-21-9-14-26-23(18-21)11-16-27-25-6-2-1-5-22(25)10-15-28(26)27;1-2-4-6-5-3-1/h1-8,10-13,15-16,21H,9,14,17-19H2;1-4H,5H2. The van der Waals surface area contributed by atoms with Gasteiger partial charge in [0.05, 0.1) is 17.8 Å². The highest BCUT2D eigenvalue weighted by atomic mass is 79.9. The fourth-order valence-corrected chi connectivity index (χ4v) is 7.06. The molecule has 2 aliphatic rings. The van der Waals surface area contributed by atoms with Gasteiger partial charge in [0.2, 0.25) is 0 Å². The van der Waals surface area contributed by atoms with Crippen molar-refractivity contribution in [2.24, 2.45) is 5.92 Å². The fourth-order valence-electron chi connectivity index (χ4n) is 5.26. The van der Waals surface area contributed by atoms with Gasteiger partial charge in [-0.15, -0.1) is 0 Å². The van der Waals surface area contributed by atoms with Gasteiger partial charge in [0.25, 0.3) is 0 Å². The summed E-state index contributed by atoms with van der Waals surface area (Å²) >= 11 is 3.42. The molecule has 6 rings (SSSR count). The predicted octanol–water partition coefficient (Wildman–Crippen LogP) is 8.08. The van der Waals surface area contributed by atoms with Crippen LogP contribution in [0.25, 0.3) is 27.6 Å². The molecule has 0 amide bonds. The zero-order chi connectivity index (χ0) is 26.4. The molecule has 1 atom stereocenters. The zero-order valence-electron chi connectivity index (χ0n) is 21.2. The highest BCUT2D eigenvalue weighted by Gasteiger charge is 2.25. The third-order valence-corrected chi connectivity index (χ3v) is 9.29. The van der Waals surface area contributed by atoms with Crippen LogP contribution in [0, 0.1) is 5.92 Å². The summed E-state index contributed by atoms with van der Waals surface area (Å²) in [7, 11) is -3.13. The van der Waals surface area contributed by atoms with Crippen LogP contribution in [0.15, 0.2) is 108 Å². The fraction of sp³-hybridized carbons (Fsp3) is 0.212. The Labute approximate surface area is 233 Å². The van der Waals surface area contributed by atoms with Crippen molar-refractivity contribution in [1.29, 1.82) is 0 Å². The topological polar surface area (TPSA) is 43.4 Å². The lowest BCUT2D eigenvalue weighted by Gasteiger charge is -2.26. The highest BCUT2D eigenvalue weighted by molar-refractivity contribution is 9.10. The van der Waals surface area contributed by atoms with Gasteiger partial charge in [-0.3, -0.25) is 0 Å². The van der Waals surface area contributed by atoms with Gasteiger partial charge in [0.15, 0.2) is 9.84 Å². The number of hydrogen-bond acceptors (Lipinski definition) is 3. The number of ether oxygens (including phenoxy) is 1. The van der Waals surface area contributed by atoms with Crippen molar-refractivity contribution in [2.75, 3.05) is 18.1 Å². The first-order valence-electron chi connectivity index (χ1n) is 13.0. The van der Waals surface area contributed by atoms with E-state index >= 15 is 0 Å². The molecular formula is C33H31BrO3S. The molecule has 0 spiro atoms. The molecule has 0 fully saturated rings. The van der Waals surface area contributed by atoms with Crippen LogP contribution in [0.3, 0.4) is 0 Å². The Kier molecular flexibility index (Phi) is 8.45. The van der Waals surface area contributed by atoms with Gasteiger partial charge in [0, 0.05) is 4.47 Å². The minimum atomic E-state index is -3.13. The summed E-state index contributed by atoms with van der Waals surface area (Å²) in [5.74, 6) is 0.537. The van der Waals surface area contributed by atoms with E-state index in [4.69, 9.17) is 4.74 Å². The minimum Gasteiger partial charge on any atom is -0.497 e. The molecule has 3 nitrogen and oxygen atoms in total. The molecule has 1 aliphatic heterocycles. The van der Waals surface area contributed by atoms with E-state index in [1.165, 1.54) is 32.7 Å². The number of rotatable bonds is 5. The Morgan fingerprint density at radius 2 is 1.71 bits per heavy atom. The summed E-state index contributed by atoms with van der Waals surface area (Å²) in [6, 6.07) is 25.2. The number of aryl methyl sites for hydroxylation is 1. The van der Waals surface area contributed by atoms with E-state index in [0.29, 0.717) is 0 Å². The van der Waals surface area contributed by atoms with Crippen molar-refractivity contribution in [3.8, 4) is 0 Å². The second-order valence-electron chi connectivity index (χ2n) is 9.81. The SMILES string of the molecule is C1=CCOC=C1.O=S(=O)(CC=Cc1ccc(Br)cc1)CC1CCc2c(ccc3c2ccc2ccccc23)C1. The molecule has 194 valence electrons. The molecule has 0 aromatic heterocycles. The van der Waals surface area contributed by atoms with Crippen LogP contribution in [-0.2, 0) is 27.4 Å². The molecule has 1 unspecified atom stereocenters. The molecule has 38 heavy (non-hydrogen) atoms. The van der Waals surface area contributed by atoms with E-state index in [1.54, 1.807) is 12.3 Å². The minimum absolute atomic E-state index is 0.0934. The first-order valence-corrected chi connectivity index (χ1v) is 15.6. The maximum atomic E-state index is 12.8. The largest absolute Gasteiger partial charge is 0.497 e. The van der Waals surface area contributed by atoms with Gasteiger partial charge in [-0.2, -0.15) is 0 Å². The summed E-state index contributed by atoms with van der Waals surface area (Å²) in [6.07, 6.45) is 13.8. The molecule has 1 aliphatic carbocycles. The highest BCUT2D eigenvalue weighted by Crippen LogP contribution is 2.35. The van der Waals surface area contributed by atoms with Crippen LogP contribution in [-0.4, -0.2) is 26.5 Å². The normalized spacial score (nSPS) is 16.7. The molecule has 0 saturated heterocycles. The van der Waals surface area contributed by atoms with Crippen LogP contribution in [0.1, 0.15) is 23.1 Å². The van der Waals surface area contributed by atoms with E-state index in [9.17, 15) is 8.42 Å². The first kappa shape index (κ1) is 26.5. The lowest BCUT2D eigenvalue weighted by atomic mass is 9.82. The smallest absolute Gasteiger partial charge is 0.154 e. The summed E-state index contributed by atoms with van der Waals surface area (Å²) in [5.41, 5.74) is 3.72. The zero-order valence-corrected chi connectivity index (χ0v) is 23.6. The molecule has 5 heteroatoms. The van der Waals surface area contributed by atoms with E-state index in [-0.39, 0.29) is 17.4 Å². The third kappa shape index (κ3) is 6.64. The maximum absolute atomic E-state index is 12.8. The van der Waals surface area contributed by atoms with Crippen molar-refractivity contribution in [1.82, 2.24) is 0 Å². The second-order valence-corrected chi connectivity index (χ2v) is 12.9. The molecule has 0 bridgehead atoms. The van der Waals surface area contributed by atoms with Gasteiger partial charge in [-0.05, 0) is 87.7 Å². The lowest BCUT2D eigenvalue weighted by molar-refractivity contribution is 0.286. The second kappa shape index (κ2) is 12.1. The molecule has 1 heterocycles. The van der Waals surface area contributed by atoms with Gasteiger partial charge in [0.1, 0.15) is 6.61 Å². The molecule has 0 radical (unpaired) electrons. The Balaban J connectivity index is 0.000000433. The number of allylic oxidation sites excluding steroid dienone is 2. The number of sulfone groups is 1. The summed E-state index contributed by atoms with van der Waals surface area (Å²) in [5, 5.41) is 5.16. The molecule has 4 aromatic rings. The average molecular weight is 588 g/mol. The van der Waals surface area contributed by atoms with E-state index in [2.05, 4.69) is 64.5 Å². The van der Waals surface area contributed by atoms with E-state index in [1.807, 2.05) is 48.6 Å². The number of fused-ring (bicyclic) bond motifs is 5. The summed E-state index contributed by atoms with van der Waals surface area (Å²) in [4.78, 5) is 0. The third-order valence-electron chi connectivity index (χ3n) is 7.08. The summed E-state index contributed by atoms with van der Waals surface area (Å²) < 4.78 is 31.3. The molecular weight excluding hydrogens is 556 g/mol. The predicted molar refractivity (Wildman–Crippen MR) is 163 cm³/mol. The van der Waals surface area contributed by atoms with Crippen molar-refractivity contribution in [3.05, 3.63) is 125 Å². The Morgan fingerprint density at radius 3 is 2.45 bits per heavy atom. The number of hydrogen-bond donors (Lipinski definition) is 0. The Bertz CT molecular complexity index is 1600.